The van der Waals surface area contributed by atoms with Gasteiger partial charge in [0.15, 0.2) is 0 Å². The van der Waals surface area contributed by atoms with Crippen molar-refractivity contribution in [1.29, 1.82) is 0 Å². The number of hydrogen-bond donors (Lipinski definition) is 1. The van der Waals surface area contributed by atoms with Crippen molar-refractivity contribution >= 4 is 0 Å². The Morgan fingerprint density at radius 1 is 1.80 bits per heavy atom. The van der Waals surface area contributed by atoms with Crippen LogP contribution in [0.2, 0.25) is 0 Å². The van der Waals surface area contributed by atoms with Crippen LogP contribution in [0.5, 0.6) is 0 Å². The van der Waals surface area contributed by atoms with Gasteiger partial charge < -0.3 is 5.32 Å². The maximum Gasteiger partial charge on any atom is 0.0838 e. The Hall–Kier alpha value is -0.520. The van der Waals surface area contributed by atoms with Gasteiger partial charge in [0, 0.05) is 19.6 Å². The molecule has 1 atom stereocenters. The molecule has 0 amide bonds. The van der Waals surface area contributed by atoms with Crippen LogP contribution in [0, 0.1) is 12.3 Å². The van der Waals surface area contributed by atoms with Crippen LogP contribution in [-0.4, -0.2) is 37.1 Å². The van der Waals surface area contributed by atoms with E-state index in [1.807, 2.05) is 0 Å². The van der Waals surface area contributed by atoms with Crippen molar-refractivity contribution in [2.45, 2.75) is 13.0 Å². The van der Waals surface area contributed by atoms with E-state index in [0.717, 1.165) is 26.2 Å². The number of rotatable bonds is 1. The predicted molar refractivity (Wildman–Crippen MR) is 42.7 cm³/mol. The summed E-state index contributed by atoms with van der Waals surface area (Å²) in [6, 6.07) is 0.318. The lowest BCUT2D eigenvalue weighted by atomic mass is 10.2. The fourth-order valence-corrected chi connectivity index (χ4v) is 1.29. The molecule has 1 heterocycles. The molecule has 0 radical (unpaired) electrons. The zero-order valence-corrected chi connectivity index (χ0v) is 6.43. The molecular formula is C8H14N2. The number of piperazine rings is 1. The van der Waals surface area contributed by atoms with Crippen LogP contribution >= 0.6 is 0 Å². The minimum absolute atomic E-state index is 0.318. The quantitative estimate of drug-likeness (QED) is 0.510. The number of nitrogens with zero attached hydrogens (tertiary/aromatic N) is 1. The van der Waals surface area contributed by atoms with Crippen molar-refractivity contribution in [2.24, 2.45) is 0 Å². The zero-order valence-electron chi connectivity index (χ0n) is 6.43. The third kappa shape index (κ3) is 1.50. The van der Waals surface area contributed by atoms with E-state index in [1.54, 1.807) is 0 Å². The molecule has 2 heteroatoms. The second kappa shape index (κ2) is 3.60. The third-order valence-corrected chi connectivity index (χ3v) is 1.95. The van der Waals surface area contributed by atoms with Gasteiger partial charge in [0.2, 0.25) is 0 Å². The van der Waals surface area contributed by atoms with E-state index in [1.165, 1.54) is 0 Å². The first-order chi connectivity index (χ1) is 4.88. The van der Waals surface area contributed by atoms with Crippen molar-refractivity contribution in [3.8, 4) is 12.3 Å². The molecule has 0 aromatic carbocycles. The number of terminal acetylenes is 1. The first-order valence-electron chi connectivity index (χ1n) is 3.79. The van der Waals surface area contributed by atoms with E-state index in [0.29, 0.717) is 6.04 Å². The first kappa shape index (κ1) is 7.59. The Bertz CT molecular complexity index is 137. The summed E-state index contributed by atoms with van der Waals surface area (Å²) in [5.41, 5.74) is 0. The van der Waals surface area contributed by atoms with Crippen LogP contribution in [-0.2, 0) is 0 Å². The summed E-state index contributed by atoms with van der Waals surface area (Å²) >= 11 is 0. The molecule has 56 valence electrons. The minimum Gasteiger partial charge on any atom is -0.313 e. The van der Waals surface area contributed by atoms with Gasteiger partial charge in [-0.15, -0.1) is 6.42 Å². The molecular weight excluding hydrogens is 124 g/mol. The topological polar surface area (TPSA) is 15.3 Å². The summed E-state index contributed by atoms with van der Waals surface area (Å²) in [5.74, 6) is 2.77. The number of nitrogens with one attached hydrogen (secondary N) is 1. The molecule has 1 aliphatic rings. The molecule has 0 aromatic heterocycles. The SMILES string of the molecule is C#CC1CNCCN1CC. The van der Waals surface area contributed by atoms with Gasteiger partial charge in [-0.05, 0) is 6.54 Å². The van der Waals surface area contributed by atoms with Gasteiger partial charge in [-0.3, -0.25) is 4.90 Å². The molecule has 0 bridgehead atoms. The van der Waals surface area contributed by atoms with Crippen LogP contribution in [0.4, 0.5) is 0 Å². The van der Waals surface area contributed by atoms with Crippen LogP contribution in [0.15, 0.2) is 0 Å². The normalized spacial score (nSPS) is 27.8. The molecule has 10 heavy (non-hydrogen) atoms. The summed E-state index contributed by atoms with van der Waals surface area (Å²) in [6.45, 7) is 6.33. The Morgan fingerprint density at radius 3 is 3.10 bits per heavy atom. The van der Waals surface area contributed by atoms with E-state index in [-0.39, 0.29) is 0 Å². The summed E-state index contributed by atoms with van der Waals surface area (Å²) in [4.78, 5) is 2.32. The third-order valence-electron chi connectivity index (χ3n) is 1.95. The zero-order chi connectivity index (χ0) is 7.40. The average Bonchev–Trinajstić information content (AvgIpc) is 2.04. The summed E-state index contributed by atoms with van der Waals surface area (Å²) in [7, 11) is 0. The lowest BCUT2D eigenvalue weighted by Gasteiger charge is -2.31. The van der Waals surface area contributed by atoms with Crippen LogP contribution in [0.25, 0.3) is 0 Å². The van der Waals surface area contributed by atoms with Crippen LogP contribution in [0.3, 0.4) is 0 Å². The van der Waals surface area contributed by atoms with Crippen LogP contribution in [0.1, 0.15) is 6.92 Å². The molecule has 0 saturated carbocycles. The molecule has 1 fully saturated rings. The molecule has 2 nitrogen and oxygen atoms in total. The fourth-order valence-electron chi connectivity index (χ4n) is 1.29. The lowest BCUT2D eigenvalue weighted by molar-refractivity contribution is 0.209. The maximum absolute atomic E-state index is 5.34. The van der Waals surface area contributed by atoms with Crippen molar-refractivity contribution in [1.82, 2.24) is 10.2 Å². The van der Waals surface area contributed by atoms with Gasteiger partial charge in [-0.2, -0.15) is 0 Å². The summed E-state index contributed by atoms with van der Waals surface area (Å²) in [6.07, 6.45) is 5.34. The van der Waals surface area contributed by atoms with Crippen LogP contribution < -0.4 is 5.32 Å². The average molecular weight is 138 g/mol. The van der Waals surface area contributed by atoms with E-state index in [4.69, 9.17) is 6.42 Å². The van der Waals surface area contributed by atoms with Crippen molar-refractivity contribution in [2.75, 3.05) is 26.2 Å². The van der Waals surface area contributed by atoms with Crippen molar-refractivity contribution in [3.63, 3.8) is 0 Å². The predicted octanol–water partition coefficient (Wildman–Crippen LogP) is -0.0867. The van der Waals surface area contributed by atoms with E-state index < -0.39 is 0 Å². The Balaban J connectivity index is 2.44. The highest BCUT2D eigenvalue weighted by atomic mass is 15.2. The second-order valence-corrected chi connectivity index (χ2v) is 2.52. The van der Waals surface area contributed by atoms with Gasteiger partial charge in [0.25, 0.3) is 0 Å². The smallest absolute Gasteiger partial charge is 0.0838 e. The monoisotopic (exact) mass is 138 g/mol. The molecule has 1 saturated heterocycles. The summed E-state index contributed by atoms with van der Waals surface area (Å²) in [5, 5.41) is 3.27. The molecule has 1 rings (SSSR count). The van der Waals surface area contributed by atoms with Crippen molar-refractivity contribution in [3.05, 3.63) is 0 Å². The number of likely N-dealkylation sites (N-methyl/N-ethyl adjacent to an activating group) is 1. The standard InChI is InChI=1S/C8H14N2/c1-3-8-7-9-5-6-10(8)4-2/h1,8-9H,4-7H2,2H3. The second-order valence-electron chi connectivity index (χ2n) is 2.52. The molecule has 0 spiro atoms. The van der Waals surface area contributed by atoms with E-state index in [2.05, 4.69) is 23.1 Å². The largest absolute Gasteiger partial charge is 0.313 e. The maximum atomic E-state index is 5.34. The highest BCUT2D eigenvalue weighted by Crippen LogP contribution is 1.99. The van der Waals surface area contributed by atoms with Gasteiger partial charge in [-0.25, -0.2) is 0 Å². The highest BCUT2D eigenvalue weighted by molar-refractivity contribution is 5.02. The molecule has 1 N–H and O–H groups in total. The molecule has 1 unspecified atom stereocenters. The van der Waals surface area contributed by atoms with Gasteiger partial charge in [0.05, 0.1) is 6.04 Å². The number of hydrogen-bond acceptors (Lipinski definition) is 2. The minimum atomic E-state index is 0.318. The summed E-state index contributed by atoms with van der Waals surface area (Å²) < 4.78 is 0. The molecule has 1 aliphatic heterocycles. The lowest BCUT2D eigenvalue weighted by Crippen LogP contribution is -2.50. The van der Waals surface area contributed by atoms with Crippen molar-refractivity contribution < 1.29 is 0 Å². The Morgan fingerprint density at radius 2 is 2.60 bits per heavy atom. The highest BCUT2D eigenvalue weighted by Gasteiger charge is 2.17. The van der Waals surface area contributed by atoms with E-state index in [9.17, 15) is 0 Å². The van der Waals surface area contributed by atoms with Gasteiger partial charge in [-0.1, -0.05) is 12.8 Å². The molecule has 0 aromatic rings. The fraction of sp³-hybridized carbons (Fsp3) is 0.750. The Kier molecular flexibility index (Phi) is 2.73. The first-order valence-corrected chi connectivity index (χ1v) is 3.79. The molecule has 0 aliphatic carbocycles. The Labute approximate surface area is 62.6 Å². The van der Waals surface area contributed by atoms with Gasteiger partial charge in [0.1, 0.15) is 0 Å². The van der Waals surface area contributed by atoms with Gasteiger partial charge >= 0.3 is 0 Å². The van der Waals surface area contributed by atoms with E-state index >= 15 is 0 Å².